The minimum atomic E-state index is -2.03. The second-order valence-electron chi connectivity index (χ2n) is 13.2. The number of fused-ring (bicyclic) bond motifs is 1. The Kier molecular flexibility index (Phi) is 8.97. The molecule has 3 aliphatic rings. The van der Waals surface area contributed by atoms with Gasteiger partial charge in [0.2, 0.25) is 0 Å². The molecule has 12 heteroatoms. The van der Waals surface area contributed by atoms with E-state index in [9.17, 15) is 29.1 Å². The Balaban J connectivity index is 1.80. The van der Waals surface area contributed by atoms with Crippen LogP contribution in [0.5, 0.6) is 0 Å². The molecule has 0 aromatic heterocycles. The second kappa shape index (κ2) is 12.4. The summed E-state index contributed by atoms with van der Waals surface area (Å²) in [6.07, 6.45) is -5.80. The molecule has 2 aliphatic carbocycles. The van der Waals surface area contributed by atoms with Crippen LogP contribution in [0.3, 0.4) is 0 Å². The Morgan fingerprint density at radius 3 is 1.79 bits per heavy atom. The number of aliphatic hydroxyl groups is 1. The number of hydrogen-bond acceptors (Lipinski definition) is 12. The van der Waals surface area contributed by atoms with Crippen molar-refractivity contribution < 1.29 is 57.5 Å². The van der Waals surface area contributed by atoms with Crippen molar-refractivity contribution in [3.63, 3.8) is 0 Å². The zero-order valence-corrected chi connectivity index (χ0v) is 27.2. The van der Waals surface area contributed by atoms with Crippen molar-refractivity contribution in [3.05, 3.63) is 71.8 Å². The summed E-state index contributed by atoms with van der Waals surface area (Å²) in [4.78, 5) is 65.4. The number of esters is 5. The van der Waals surface area contributed by atoms with Crippen molar-refractivity contribution in [1.29, 1.82) is 0 Å². The van der Waals surface area contributed by atoms with Crippen LogP contribution in [0, 0.1) is 11.3 Å². The molecule has 5 rings (SSSR count). The zero-order chi connectivity index (χ0) is 34.4. The van der Waals surface area contributed by atoms with Crippen LogP contribution in [0.4, 0.5) is 0 Å². The summed E-state index contributed by atoms with van der Waals surface area (Å²) in [7, 11) is 0. The van der Waals surface area contributed by atoms with Gasteiger partial charge in [0.1, 0.15) is 30.3 Å². The van der Waals surface area contributed by atoms with Gasteiger partial charge < -0.3 is 33.5 Å². The van der Waals surface area contributed by atoms with Crippen LogP contribution in [0.15, 0.2) is 60.7 Å². The van der Waals surface area contributed by atoms with E-state index in [1.165, 1.54) is 45.0 Å². The molecule has 1 spiro atoms. The van der Waals surface area contributed by atoms with Gasteiger partial charge in [0, 0.05) is 33.1 Å². The molecule has 1 heterocycles. The molecule has 252 valence electrons. The van der Waals surface area contributed by atoms with Gasteiger partial charge in [0.15, 0.2) is 11.7 Å². The van der Waals surface area contributed by atoms with E-state index >= 15 is 0 Å². The Morgan fingerprint density at radius 1 is 0.745 bits per heavy atom. The van der Waals surface area contributed by atoms with Gasteiger partial charge in [-0.2, -0.15) is 0 Å². The number of benzene rings is 2. The predicted molar refractivity (Wildman–Crippen MR) is 163 cm³/mol. The van der Waals surface area contributed by atoms with E-state index in [4.69, 9.17) is 28.4 Å². The average Bonchev–Trinajstić information content (AvgIpc) is 3.17. The first-order valence-corrected chi connectivity index (χ1v) is 15.5. The molecular weight excluding hydrogens is 612 g/mol. The lowest BCUT2D eigenvalue weighted by atomic mass is 9.46. The fourth-order valence-corrected chi connectivity index (χ4v) is 7.96. The SMILES string of the molecule is CC(=O)OCC12C(OC(C)=O)CC3C(OC(C)=O)C1(OC3(C)C)C(C)(O)CC(OC(=O)c1ccccc1)C2OC(=O)c1ccccc1. The van der Waals surface area contributed by atoms with Gasteiger partial charge in [0.05, 0.1) is 22.3 Å². The number of ether oxygens (including phenoxy) is 6. The third-order valence-electron chi connectivity index (χ3n) is 9.69. The van der Waals surface area contributed by atoms with Crippen molar-refractivity contribution in [2.45, 2.75) is 95.6 Å². The standard InChI is InChI=1S/C35H40O12/c1-20(36)42-19-34-27(43-21(2)37)17-25-28(44-22(3)38)35(34,47-32(25,4)5)33(6,41)18-26(45-30(39)23-13-9-7-10-14-23)29(34)46-31(40)24-15-11-8-12-16-24/h7-16,25-29,41H,17-19H2,1-6H3. The molecule has 0 amide bonds. The van der Waals surface area contributed by atoms with Crippen LogP contribution in [0.25, 0.3) is 0 Å². The van der Waals surface area contributed by atoms with E-state index < -0.39 is 89.0 Å². The Hall–Kier alpha value is -4.29. The maximum absolute atomic E-state index is 13.9. The summed E-state index contributed by atoms with van der Waals surface area (Å²) < 4.78 is 36.8. The molecule has 1 saturated heterocycles. The van der Waals surface area contributed by atoms with Gasteiger partial charge in [-0.25, -0.2) is 9.59 Å². The van der Waals surface area contributed by atoms with Crippen molar-refractivity contribution in [2.24, 2.45) is 11.3 Å². The van der Waals surface area contributed by atoms with Gasteiger partial charge >= 0.3 is 29.8 Å². The first kappa shape index (κ1) is 34.1. The van der Waals surface area contributed by atoms with E-state index in [0.29, 0.717) is 0 Å². The lowest BCUT2D eigenvalue weighted by molar-refractivity contribution is -0.354. The minimum Gasteiger partial charge on any atom is -0.465 e. The summed E-state index contributed by atoms with van der Waals surface area (Å²) in [5.74, 6) is -4.39. The smallest absolute Gasteiger partial charge is 0.338 e. The molecule has 2 aromatic carbocycles. The lowest BCUT2D eigenvalue weighted by Gasteiger charge is -2.65. The summed E-state index contributed by atoms with van der Waals surface area (Å²) >= 11 is 0. The van der Waals surface area contributed by atoms with Gasteiger partial charge in [-0.15, -0.1) is 0 Å². The number of carbonyl (C=O) groups is 5. The average molecular weight is 653 g/mol. The minimum absolute atomic E-state index is 0.0115. The Bertz CT molecular complexity index is 1540. The molecule has 8 unspecified atom stereocenters. The maximum atomic E-state index is 13.9. The van der Waals surface area contributed by atoms with E-state index in [1.54, 1.807) is 50.2 Å². The van der Waals surface area contributed by atoms with Crippen molar-refractivity contribution in [3.8, 4) is 0 Å². The quantitative estimate of drug-likeness (QED) is 0.327. The van der Waals surface area contributed by atoms with Gasteiger partial charge in [-0.1, -0.05) is 36.4 Å². The number of hydrogen-bond donors (Lipinski definition) is 1. The summed E-state index contributed by atoms with van der Waals surface area (Å²) in [6, 6.07) is 16.1. The normalized spacial score (nSPS) is 33.5. The largest absolute Gasteiger partial charge is 0.465 e. The summed E-state index contributed by atoms with van der Waals surface area (Å²) in [6.45, 7) is 7.86. The predicted octanol–water partition coefficient (Wildman–Crippen LogP) is 3.57. The molecule has 8 atom stereocenters. The monoisotopic (exact) mass is 652 g/mol. The maximum Gasteiger partial charge on any atom is 0.338 e. The molecule has 2 bridgehead atoms. The van der Waals surface area contributed by atoms with Gasteiger partial charge in [-0.05, 0) is 51.5 Å². The number of rotatable bonds is 8. The third-order valence-corrected chi connectivity index (χ3v) is 9.69. The molecule has 12 nitrogen and oxygen atoms in total. The highest BCUT2D eigenvalue weighted by atomic mass is 16.6. The summed E-state index contributed by atoms with van der Waals surface area (Å²) in [5, 5.41) is 12.6. The van der Waals surface area contributed by atoms with Crippen molar-refractivity contribution >= 4 is 29.8 Å². The molecule has 47 heavy (non-hydrogen) atoms. The highest BCUT2D eigenvalue weighted by Crippen LogP contribution is 2.69. The van der Waals surface area contributed by atoms with E-state index in [-0.39, 0.29) is 24.0 Å². The third kappa shape index (κ3) is 5.78. The molecular formula is C35H40O12. The van der Waals surface area contributed by atoms with E-state index in [2.05, 4.69) is 0 Å². The highest BCUT2D eigenvalue weighted by Gasteiger charge is 2.86. The van der Waals surface area contributed by atoms with Crippen LogP contribution in [-0.2, 0) is 42.8 Å². The Labute approximate surface area is 272 Å². The van der Waals surface area contributed by atoms with E-state index in [0.717, 1.165) is 6.92 Å². The fraction of sp³-hybridized carbons (Fsp3) is 0.514. The first-order valence-electron chi connectivity index (χ1n) is 15.5. The molecule has 1 N–H and O–H groups in total. The molecule has 0 radical (unpaired) electrons. The van der Waals surface area contributed by atoms with E-state index in [1.807, 2.05) is 0 Å². The van der Waals surface area contributed by atoms with Gasteiger partial charge in [-0.3, -0.25) is 14.4 Å². The van der Waals surface area contributed by atoms with Crippen molar-refractivity contribution in [2.75, 3.05) is 6.61 Å². The highest BCUT2D eigenvalue weighted by molar-refractivity contribution is 5.90. The number of carbonyl (C=O) groups excluding carboxylic acids is 5. The zero-order valence-electron chi connectivity index (χ0n) is 27.2. The molecule has 3 fully saturated rings. The fourth-order valence-electron chi connectivity index (χ4n) is 7.96. The van der Waals surface area contributed by atoms with Crippen LogP contribution < -0.4 is 0 Å². The van der Waals surface area contributed by atoms with Crippen molar-refractivity contribution in [1.82, 2.24) is 0 Å². The topological polar surface area (TPSA) is 161 Å². The molecule has 2 saturated carbocycles. The summed E-state index contributed by atoms with van der Waals surface area (Å²) in [5.41, 5.74) is -6.81. The van der Waals surface area contributed by atoms with Crippen LogP contribution in [0.1, 0.15) is 75.1 Å². The van der Waals surface area contributed by atoms with Gasteiger partial charge in [0.25, 0.3) is 0 Å². The van der Waals surface area contributed by atoms with Crippen LogP contribution in [-0.4, -0.2) is 82.8 Å². The molecule has 1 aliphatic heterocycles. The Morgan fingerprint density at radius 2 is 1.28 bits per heavy atom. The lowest BCUT2D eigenvalue weighted by Crippen LogP contribution is -2.83. The van der Waals surface area contributed by atoms with Crippen LogP contribution in [0.2, 0.25) is 0 Å². The second-order valence-corrected chi connectivity index (χ2v) is 13.2. The first-order chi connectivity index (χ1) is 22.1. The molecule has 2 aromatic rings. The van der Waals surface area contributed by atoms with Crippen LogP contribution >= 0.6 is 0 Å².